The summed E-state index contributed by atoms with van der Waals surface area (Å²) in [6, 6.07) is 6.78. The third kappa shape index (κ3) is 3.53. The molecule has 4 heteroatoms. The molecule has 98 valence electrons. The molecule has 0 aliphatic carbocycles. The van der Waals surface area contributed by atoms with Crippen LogP contribution in [0.4, 0.5) is 4.39 Å². The van der Waals surface area contributed by atoms with E-state index in [1.54, 1.807) is 12.1 Å². The van der Waals surface area contributed by atoms with Crippen LogP contribution in [0, 0.1) is 5.82 Å². The van der Waals surface area contributed by atoms with Crippen molar-refractivity contribution in [1.29, 1.82) is 0 Å². The fourth-order valence-electron chi connectivity index (χ4n) is 2.20. The predicted molar refractivity (Wildman–Crippen MR) is 68.5 cm³/mol. The molecule has 0 bridgehead atoms. The lowest BCUT2D eigenvalue weighted by Gasteiger charge is -2.15. The maximum Gasteiger partial charge on any atom is 0.222 e. The van der Waals surface area contributed by atoms with E-state index in [1.807, 2.05) is 11.0 Å². The molecule has 18 heavy (non-hydrogen) atoms. The van der Waals surface area contributed by atoms with Crippen molar-refractivity contribution in [2.24, 2.45) is 0 Å². The van der Waals surface area contributed by atoms with E-state index >= 15 is 0 Å². The van der Waals surface area contributed by atoms with Crippen LogP contribution in [0.15, 0.2) is 24.3 Å². The summed E-state index contributed by atoms with van der Waals surface area (Å²) in [6.07, 6.45) is 2.60. The Morgan fingerprint density at radius 3 is 2.89 bits per heavy atom. The zero-order chi connectivity index (χ0) is 12.8. The second kappa shape index (κ2) is 6.50. The van der Waals surface area contributed by atoms with Crippen LogP contribution in [0.2, 0.25) is 0 Å². The molecule has 1 heterocycles. The smallest absolute Gasteiger partial charge is 0.222 e. The molecular formula is C14H19FN2O. The largest absolute Gasteiger partial charge is 0.343 e. The Morgan fingerprint density at radius 1 is 1.33 bits per heavy atom. The molecule has 0 radical (unpaired) electrons. The Hall–Kier alpha value is -1.42. The highest BCUT2D eigenvalue weighted by molar-refractivity contribution is 5.77. The zero-order valence-corrected chi connectivity index (χ0v) is 10.5. The highest BCUT2D eigenvalue weighted by Crippen LogP contribution is 2.09. The molecule has 1 aromatic carbocycles. The van der Waals surface area contributed by atoms with Gasteiger partial charge in [0, 0.05) is 31.6 Å². The number of nitrogens with one attached hydrogen (secondary N) is 1. The minimum Gasteiger partial charge on any atom is -0.343 e. The molecule has 0 spiro atoms. The summed E-state index contributed by atoms with van der Waals surface area (Å²) in [6.45, 7) is 3.05. The van der Waals surface area contributed by atoms with Gasteiger partial charge in [-0.05, 0) is 25.5 Å². The van der Waals surface area contributed by atoms with Gasteiger partial charge in [-0.25, -0.2) is 4.39 Å². The standard InChI is InChI=1S/C14H19FN2O/c15-13-6-2-1-5-12(13)11-16-8-4-10-17-9-3-7-14(17)18/h1-2,5-6,16H,3-4,7-11H2. The number of carbonyl (C=O) groups excluding carboxylic acids is 1. The van der Waals surface area contributed by atoms with Crippen molar-refractivity contribution >= 4 is 5.91 Å². The molecule has 1 aliphatic rings. The van der Waals surface area contributed by atoms with Crippen LogP contribution in [0.5, 0.6) is 0 Å². The summed E-state index contributed by atoms with van der Waals surface area (Å²) in [5, 5.41) is 3.20. The van der Waals surface area contributed by atoms with E-state index < -0.39 is 0 Å². The number of hydrogen-bond donors (Lipinski definition) is 1. The maximum absolute atomic E-state index is 13.3. The number of benzene rings is 1. The van der Waals surface area contributed by atoms with E-state index in [0.717, 1.165) is 32.5 Å². The fourth-order valence-corrected chi connectivity index (χ4v) is 2.20. The Labute approximate surface area is 107 Å². The average molecular weight is 250 g/mol. The molecule has 1 fully saturated rings. The molecule has 0 unspecified atom stereocenters. The second-order valence-electron chi connectivity index (χ2n) is 4.61. The SMILES string of the molecule is O=C1CCCN1CCCNCc1ccccc1F. The van der Waals surface area contributed by atoms with Crippen molar-refractivity contribution < 1.29 is 9.18 Å². The van der Waals surface area contributed by atoms with Gasteiger partial charge in [0.1, 0.15) is 5.82 Å². The van der Waals surface area contributed by atoms with Crippen molar-refractivity contribution in [3.8, 4) is 0 Å². The molecule has 1 N–H and O–H groups in total. The number of amides is 1. The summed E-state index contributed by atoms with van der Waals surface area (Å²) in [4.78, 5) is 13.3. The highest BCUT2D eigenvalue weighted by Gasteiger charge is 2.18. The van der Waals surface area contributed by atoms with Gasteiger partial charge in [0.25, 0.3) is 0 Å². The van der Waals surface area contributed by atoms with Gasteiger partial charge < -0.3 is 10.2 Å². The van der Waals surface area contributed by atoms with Crippen LogP contribution in [-0.2, 0) is 11.3 Å². The minimum absolute atomic E-state index is 0.167. The normalized spacial score (nSPS) is 15.4. The van der Waals surface area contributed by atoms with Crippen LogP contribution in [0.1, 0.15) is 24.8 Å². The molecule has 0 atom stereocenters. The third-order valence-corrected chi connectivity index (χ3v) is 3.23. The lowest BCUT2D eigenvalue weighted by molar-refractivity contribution is -0.127. The first-order valence-corrected chi connectivity index (χ1v) is 6.49. The van der Waals surface area contributed by atoms with Crippen molar-refractivity contribution in [1.82, 2.24) is 10.2 Å². The van der Waals surface area contributed by atoms with Gasteiger partial charge in [0.15, 0.2) is 0 Å². The Morgan fingerprint density at radius 2 is 2.17 bits per heavy atom. The fraction of sp³-hybridized carbons (Fsp3) is 0.500. The third-order valence-electron chi connectivity index (χ3n) is 3.23. The number of carbonyl (C=O) groups is 1. The van der Waals surface area contributed by atoms with Gasteiger partial charge >= 0.3 is 0 Å². The minimum atomic E-state index is -0.167. The maximum atomic E-state index is 13.3. The van der Waals surface area contributed by atoms with Crippen molar-refractivity contribution in [2.75, 3.05) is 19.6 Å². The number of rotatable bonds is 6. The van der Waals surface area contributed by atoms with E-state index in [4.69, 9.17) is 0 Å². The van der Waals surface area contributed by atoms with E-state index in [-0.39, 0.29) is 11.7 Å². The molecule has 1 aliphatic heterocycles. The molecular weight excluding hydrogens is 231 g/mol. The van der Waals surface area contributed by atoms with Crippen molar-refractivity contribution in [3.63, 3.8) is 0 Å². The van der Waals surface area contributed by atoms with Crippen LogP contribution in [0.25, 0.3) is 0 Å². The van der Waals surface area contributed by atoms with E-state index in [0.29, 0.717) is 18.5 Å². The summed E-state index contributed by atoms with van der Waals surface area (Å²) in [5.74, 6) is 0.101. The number of nitrogens with zero attached hydrogens (tertiary/aromatic N) is 1. The van der Waals surface area contributed by atoms with E-state index in [2.05, 4.69) is 5.32 Å². The van der Waals surface area contributed by atoms with Crippen LogP contribution in [-0.4, -0.2) is 30.4 Å². The summed E-state index contributed by atoms with van der Waals surface area (Å²) in [7, 11) is 0. The first-order valence-electron chi connectivity index (χ1n) is 6.49. The predicted octanol–water partition coefficient (Wildman–Crippen LogP) is 1.93. The van der Waals surface area contributed by atoms with Crippen molar-refractivity contribution in [2.45, 2.75) is 25.8 Å². The Bertz CT molecular complexity index is 409. The molecule has 1 saturated heterocycles. The van der Waals surface area contributed by atoms with E-state index in [1.165, 1.54) is 6.07 Å². The summed E-state index contributed by atoms with van der Waals surface area (Å²) in [5.41, 5.74) is 0.690. The van der Waals surface area contributed by atoms with Gasteiger partial charge in [0.2, 0.25) is 5.91 Å². The quantitative estimate of drug-likeness (QED) is 0.782. The van der Waals surface area contributed by atoms with Gasteiger partial charge in [-0.1, -0.05) is 18.2 Å². The number of halogens is 1. The van der Waals surface area contributed by atoms with Gasteiger partial charge in [0.05, 0.1) is 0 Å². The monoisotopic (exact) mass is 250 g/mol. The lowest BCUT2D eigenvalue weighted by atomic mass is 10.2. The van der Waals surface area contributed by atoms with Gasteiger partial charge in [-0.3, -0.25) is 4.79 Å². The Kier molecular flexibility index (Phi) is 4.70. The van der Waals surface area contributed by atoms with Gasteiger partial charge in [-0.2, -0.15) is 0 Å². The number of likely N-dealkylation sites (tertiary alicyclic amines) is 1. The second-order valence-corrected chi connectivity index (χ2v) is 4.61. The molecule has 0 saturated carbocycles. The molecule has 3 nitrogen and oxygen atoms in total. The molecule has 1 aromatic rings. The summed E-state index contributed by atoms with van der Waals surface area (Å²) >= 11 is 0. The van der Waals surface area contributed by atoms with Crippen molar-refractivity contribution in [3.05, 3.63) is 35.6 Å². The highest BCUT2D eigenvalue weighted by atomic mass is 19.1. The molecule has 2 rings (SSSR count). The van der Waals surface area contributed by atoms with Crippen LogP contribution < -0.4 is 5.32 Å². The number of hydrogen-bond acceptors (Lipinski definition) is 2. The van der Waals surface area contributed by atoms with Crippen LogP contribution >= 0.6 is 0 Å². The average Bonchev–Trinajstić information content (AvgIpc) is 2.77. The van der Waals surface area contributed by atoms with Crippen LogP contribution in [0.3, 0.4) is 0 Å². The van der Waals surface area contributed by atoms with Gasteiger partial charge in [-0.15, -0.1) is 0 Å². The van der Waals surface area contributed by atoms with E-state index in [9.17, 15) is 9.18 Å². The Balaban J connectivity index is 1.62. The molecule has 0 aromatic heterocycles. The molecule has 1 amide bonds. The zero-order valence-electron chi connectivity index (χ0n) is 10.5. The first-order chi connectivity index (χ1) is 8.77. The first kappa shape index (κ1) is 13.0. The topological polar surface area (TPSA) is 32.3 Å². The summed E-state index contributed by atoms with van der Waals surface area (Å²) < 4.78 is 13.3. The lowest BCUT2D eigenvalue weighted by Crippen LogP contribution is -2.28.